The summed E-state index contributed by atoms with van der Waals surface area (Å²) in [6, 6.07) is 19.8. The zero-order valence-electron chi connectivity index (χ0n) is 18.4. The summed E-state index contributed by atoms with van der Waals surface area (Å²) in [7, 11) is 0. The number of hydrogen-bond acceptors (Lipinski definition) is 4. The number of carbonyl (C=O) groups excluding carboxylic acids is 2. The Bertz CT molecular complexity index is 1220. The van der Waals surface area contributed by atoms with Crippen LogP contribution in [0, 0.1) is 6.92 Å². The molecule has 0 aromatic heterocycles. The molecule has 6 nitrogen and oxygen atoms in total. The highest BCUT2D eigenvalue weighted by Crippen LogP contribution is 2.46. The van der Waals surface area contributed by atoms with Crippen molar-refractivity contribution in [3.05, 3.63) is 94.5 Å². The van der Waals surface area contributed by atoms with E-state index in [0.29, 0.717) is 31.4 Å². The number of rotatable bonds is 4. The summed E-state index contributed by atoms with van der Waals surface area (Å²) in [5, 5.41) is 23.2. The minimum absolute atomic E-state index is 0.116. The SMILES string of the molecule is Cc1ccc(C(=O)N[C@]2(Cc3ccccc3)C[C@H]3c4cc(O)c(O)cc4CCN3C2=O)cc1. The number of phenols is 2. The largest absolute Gasteiger partial charge is 0.504 e. The Labute approximate surface area is 192 Å². The highest BCUT2D eigenvalue weighted by molar-refractivity contribution is 6.00. The van der Waals surface area contributed by atoms with Gasteiger partial charge in [-0.1, -0.05) is 48.0 Å². The minimum Gasteiger partial charge on any atom is -0.504 e. The average molecular weight is 443 g/mol. The molecule has 6 heteroatoms. The molecule has 0 aliphatic carbocycles. The van der Waals surface area contributed by atoms with Gasteiger partial charge in [0.1, 0.15) is 5.54 Å². The van der Waals surface area contributed by atoms with Crippen LogP contribution >= 0.6 is 0 Å². The molecule has 2 aliphatic rings. The molecule has 5 rings (SSSR count). The van der Waals surface area contributed by atoms with Crippen LogP contribution in [0.25, 0.3) is 0 Å². The predicted octanol–water partition coefficient (Wildman–Crippen LogP) is 3.65. The van der Waals surface area contributed by atoms with Gasteiger partial charge in [-0.05, 0) is 54.3 Å². The number of amides is 2. The molecule has 1 saturated heterocycles. The molecule has 2 amide bonds. The summed E-state index contributed by atoms with van der Waals surface area (Å²) in [5.41, 5.74) is 3.16. The summed E-state index contributed by atoms with van der Waals surface area (Å²) in [4.78, 5) is 28.9. The van der Waals surface area contributed by atoms with Gasteiger partial charge in [0.2, 0.25) is 5.91 Å². The number of nitrogens with zero attached hydrogens (tertiary/aromatic N) is 1. The van der Waals surface area contributed by atoms with Crippen LogP contribution in [0.5, 0.6) is 11.5 Å². The lowest BCUT2D eigenvalue weighted by Gasteiger charge is -2.32. The van der Waals surface area contributed by atoms with E-state index in [9.17, 15) is 19.8 Å². The van der Waals surface area contributed by atoms with E-state index < -0.39 is 5.54 Å². The first kappa shape index (κ1) is 21.1. The van der Waals surface area contributed by atoms with Crippen molar-refractivity contribution in [1.82, 2.24) is 10.2 Å². The number of carbonyl (C=O) groups is 2. The zero-order valence-corrected chi connectivity index (χ0v) is 18.4. The van der Waals surface area contributed by atoms with E-state index in [1.807, 2.05) is 49.4 Å². The van der Waals surface area contributed by atoms with Gasteiger partial charge in [-0.25, -0.2) is 0 Å². The van der Waals surface area contributed by atoms with E-state index in [2.05, 4.69) is 5.32 Å². The van der Waals surface area contributed by atoms with Crippen molar-refractivity contribution >= 4 is 11.8 Å². The number of aryl methyl sites for hydroxylation is 1. The van der Waals surface area contributed by atoms with Crippen LogP contribution < -0.4 is 5.32 Å². The topological polar surface area (TPSA) is 89.9 Å². The van der Waals surface area contributed by atoms with Crippen molar-refractivity contribution in [1.29, 1.82) is 0 Å². The molecule has 0 spiro atoms. The monoisotopic (exact) mass is 442 g/mol. The van der Waals surface area contributed by atoms with Crippen LogP contribution in [0.1, 0.15) is 45.1 Å². The Morgan fingerprint density at radius 2 is 1.76 bits per heavy atom. The standard InChI is InChI=1S/C27H26N2O4/c1-17-7-9-19(10-8-17)25(32)28-27(15-18-5-3-2-4-6-18)16-22-21-14-24(31)23(30)13-20(21)11-12-29(22)26(27)33/h2-10,13-14,22,30-31H,11-12,15-16H2,1H3,(H,28,32)/t22-,27+/m0/s1. The lowest BCUT2D eigenvalue weighted by Crippen LogP contribution is -2.55. The van der Waals surface area contributed by atoms with Crippen molar-refractivity contribution in [3.8, 4) is 11.5 Å². The highest BCUT2D eigenvalue weighted by atomic mass is 16.3. The van der Waals surface area contributed by atoms with E-state index in [1.165, 1.54) is 0 Å². The molecule has 3 N–H and O–H groups in total. The number of aromatic hydroxyl groups is 2. The maximum atomic E-state index is 13.8. The zero-order chi connectivity index (χ0) is 23.2. The molecule has 3 aromatic carbocycles. The average Bonchev–Trinajstić information content (AvgIpc) is 3.07. The number of nitrogens with one attached hydrogen (secondary N) is 1. The van der Waals surface area contributed by atoms with Gasteiger partial charge >= 0.3 is 0 Å². The summed E-state index contributed by atoms with van der Waals surface area (Å²) in [6.07, 6.45) is 1.34. The fourth-order valence-corrected chi connectivity index (χ4v) is 5.12. The number of phenolic OH excluding ortho intramolecular Hbond substituents is 2. The van der Waals surface area contributed by atoms with Crippen LogP contribution in [0.2, 0.25) is 0 Å². The first-order valence-corrected chi connectivity index (χ1v) is 11.2. The first-order valence-electron chi connectivity index (χ1n) is 11.2. The second-order valence-electron chi connectivity index (χ2n) is 9.07. The van der Waals surface area contributed by atoms with Crippen LogP contribution in [0.3, 0.4) is 0 Å². The predicted molar refractivity (Wildman–Crippen MR) is 124 cm³/mol. The molecule has 0 bridgehead atoms. The molecule has 2 aliphatic heterocycles. The maximum Gasteiger partial charge on any atom is 0.252 e. The highest BCUT2D eigenvalue weighted by Gasteiger charge is 2.54. The number of benzene rings is 3. The first-order chi connectivity index (χ1) is 15.9. The second-order valence-corrected chi connectivity index (χ2v) is 9.07. The Kier molecular flexibility index (Phi) is 5.08. The van der Waals surface area contributed by atoms with Gasteiger partial charge in [0.05, 0.1) is 6.04 Å². The quantitative estimate of drug-likeness (QED) is 0.538. The van der Waals surface area contributed by atoms with Crippen molar-refractivity contribution in [2.24, 2.45) is 0 Å². The van der Waals surface area contributed by atoms with Crippen LogP contribution in [-0.4, -0.2) is 39.0 Å². The third-order valence-corrected chi connectivity index (χ3v) is 6.82. The van der Waals surface area contributed by atoms with Crippen LogP contribution in [0.4, 0.5) is 0 Å². The van der Waals surface area contributed by atoms with Gasteiger partial charge in [0.15, 0.2) is 11.5 Å². The number of hydrogen-bond donors (Lipinski definition) is 3. The molecule has 0 unspecified atom stereocenters. The summed E-state index contributed by atoms with van der Waals surface area (Å²) in [5.74, 6) is -0.759. The smallest absolute Gasteiger partial charge is 0.252 e. The van der Waals surface area contributed by atoms with Crippen molar-refractivity contribution in [2.75, 3.05) is 6.54 Å². The lowest BCUT2D eigenvalue weighted by atomic mass is 9.84. The molecule has 3 aromatic rings. The molecule has 168 valence electrons. The Balaban J connectivity index is 1.54. The van der Waals surface area contributed by atoms with Crippen molar-refractivity contribution in [2.45, 2.75) is 37.8 Å². The fraction of sp³-hybridized carbons (Fsp3) is 0.259. The Morgan fingerprint density at radius 1 is 1.06 bits per heavy atom. The van der Waals surface area contributed by atoms with Gasteiger partial charge in [-0.15, -0.1) is 0 Å². The summed E-state index contributed by atoms with van der Waals surface area (Å²) >= 11 is 0. The van der Waals surface area contributed by atoms with E-state index in [0.717, 1.165) is 22.3 Å². The van der Waals surface area contributed by atoms with E-state index in [-0.39, 0.29) is 29.4 Å². The molecule has 1 fully saturated rings. The van der Waals surface area contributed by atoms with Crippen LogP contribution in [0.15, 0.2) is 66.7 Å². The second kappa shape index (κ2) is 7.96. The third kappa shape index (κ3) is 3.71. The van der Waals surface area contributed by atoms with E-state index in [1.54, 1.807) is 29.2 Å². The Hall–Kier alpha value is -3.80. The minimum atomic E-state index is -1.11. The fourth-order valence-electron chi connectivity index (χ4n) is 5.12. The Morgan fingerprint density at radius 3 is 2.48 bits per heavy atom. The third-order valence-electron chi connectivity index (χ3n) is 6.82. The van der Waals surface area contributed by atoms with Gasteiger partial charge in [-0.3, -0.25) is 9.59 Å². The molecule has 2 atom stereocenters. The summed E-state index contributed by atoms with van der Waals surface area (Å²) in [6.45, 7) is 2.46. The van der Waals surface area contributed by atoms with Gasteiger partial charge in [0.25, 0.3) is 5.91 Å². The molecule has 33 heavy (non-hydrogen) atoms. The van der Waals surface area contributed by atoms with Gasteiger partial charge in [-0.2, -0.15) is 0 Å². The molecule has 2 heterocycles. The maximum absolute atomic E-state index is 13.8. The molecule has 0 radical (unpaired) electrons. The van der Waals surface area contributed by atoms with Crippen molar-refractivity contribution in [3.63, 3.8) is 0 Å². The van der Waals surface area contributed by atoms with Crippen molar-refractivity contribution < 1.29 is 19.8 Å². The normalized spacial score (nSPS) is 21.4. The molecular weight excluding hydrogens is 416 g/mol. The molecule has 0 saturated carbocycles. The van der Waals surface area contributed by atoms with E-state index >= 15 is 0 Å². The van der Waals surface area contributed by atoms with E-state index in [4.69, 9.17) is 0 Å². The van der Waals surface area contributed by atoms with Gasteiger partial charge < -0.3 is 20.4 Å². The van der Waals surface area contributed by atoms with Crippen LogP contribution in [-0.2, 0) is 17.6 Å². The van der Waals surface area contributed by atoms with Gasteiger partial charge in [0, 0.05) is 24.9 Å². The molecular formula is C27H26N2O4. The lowest BCUT2D eigenvalue weighted by molar-refractivity contribution is -0.134. The summed E-state index contributed by atoms with van der Waals surface area (Å²) < 4.78 is 0. The number of fused-ring (bicyclic) bond motifs is 3.